The van der Waals surface area contributed by atoms with Gasteiger partial charge in [-0.25, -0.2) is 9.59 Å². The number of nitrogens with zero attached hydrogens (tertiary/aromatic N) is 1. The Morgan fingerprint density at radius 1 is 1.03 bits per heavy atom. The van der Waals surface area contributed by atoms with Gasteiger partial charge in [-0.3, -0.25) is 14.9 Å². The first-order chi connectivity index (χ1) is 14.9. The van der Waals surface area contributed by atoms with Crippen LogP contribution in [0.5, 0.6) is 0 Å². The van der Waals surface area contributed by atoms with Crippen molar-refractivity contribution >= 4 is 23.7 Å². The maximum absolute atomic E-state index is 12.2. The minimum atomic E-state index is -1.19. The van der Waals surface area contributed by atoms with Gasteiger partial charge in [-0.15, -0.1) is 0 Å². The number of carboxylic acid groups (broad SMARTS) is 1. The van der Waals surface area contributed by atoms with Crippen molar-refractivity contribution in [3.63, 3.8) is 0 Å². The van der Waals surface area contributed by atoms with Crippen LogP contribution >= 0.6 is 0 Å². The first-order valence-corrected chi connectivity index (χ1v) is 9.59. The molecular formula is C21H23N3O7. The highest BCUT2D eigenvalue weighted by molar-refractivity contribution is 5.96. The van der Waals surface area contributed by atoms with Gasteiger partial charge in [0.25, 0.3) is 11.6 Å². The van der Waals surface area contributed by atoms with Crippen molar-refractivity contribution in [1.29, 1.82) is 0 Å². The largest absolute Gasteiger partial charge is 0.480 e. The lowest BCUT2D eigenvalue weighted by atomic mass is 10.1. The van der Waals surface area contributed by atoms with Gasteiger partial charge < -0.3 is 20.5 Å². The van der Waals surface area contributed by atoms with Crippen molar-refractivity contribution in [2.45, 2.75) is 31.9 Å². The standard InChI is InChI=1S/C21H23N3O7/c25-19(16-9-11-17(12-10-16)24(29)30)23-18(20(26)27)8-4-5-13-22-21(28)31-14-15-6-2-1-3-7-15/h1-3,6-7,9-12,18H,4-5,8,13-14H2,(H,22,28)(H,23,25)(H,26,27)/t18-/m0/s1. The van der Waals surface area contributed by atoms with E-state index in [0.717, 1.165) is 5.56 Å². The third-order valence-corrected chi connectivity index (χ3v) is 4.35. The number of non-ortho nitro benzene ring substituents is 1. The molecule has 164 valence electrons. The van der Waals surface area contributed by atoms with Crippen molar-refractivity contribution < 1.29 is 29.2 Å². The highest BCUT2D eigenvalue weighted by Gasteiger charge is 2.20. The summed E-state index contributed by atoms with van der Waals surface area (Å²) in [6.07, 6.45) is 0.535. The predicted molar refractivity (Wildman–Crippen MR) is 110 cm³/mol. The number of nitro benzene ring substituents is 1. The van der Waals surface area contributed by atoms with E-state index in [1.165, 1.54) is 24.3 Å². The van der Waals surface area contributed by atoms with E-state index in [1.54, 1.807) is 0 Å². The zero-order chi connectivity index (χ0) is 22.6. The molecule has 31 heavy (non-hydrogen) atoms. The van der Waals surface area contributed by atoms with E-state index in [1.807, 2.05) is 30.3 Å². The summed E-state index contributed by atoms with van der Waals surface area (Å²) in [5.74, 6) is -1.82. The number of aliphatic carboxylic acids is 1. The smallest absolute Gasteiger partial charge is 0.407 e. The van der Waals surface area contributed by atoms with Crippen LogP contribution in [0.3, 0.4) is 0 Å². The first-order valence-electron chi connectivity index (χ1n) is 9.59. The number of rotatable bonds is 11. The fraction of sp³-hybridized carbons (Fsp3) is 0.286. The average molecular weight is 429 g/mol. The Kier molecular flexibility index (Phi) is 8.96. The van der Waals surface area contributed by atoms with Crippen LogP contribution in [0.25, 0.3) is 0 Å². The van der Waals surface area contributed by atoms with Crippen LogP contribution in [0.15, 0.2) is 54.6 Å². The van der Waals surface area contributed by atoms with Crippen molar-refractivity contribution in [2.24, 2.45) is 0 Å². The molecule has 0 saturated carbocycles. The Balaban J connectivity index is 1.69. The molecule has 0 radical (unpaired) electrons. The van der Waals surface area contributed by atoms with Gasteiger partial charge in [-0.1, -0.05) is 30.3 Å². The van der Waals surface area contributed by atoms with Gasteiger partial charge >= 0.3 is 12.1 Å². The lowest BCUT2D eigenvalue weighted by molar-refractivity contribution is -0.384. The number of nitro groups is 1. The van der Waals surface area contributed by atoms with E-state index >= 15 is 0 Å². The highest BCUT2D eigenvalue weighted by atomic mass is 16.6. The molecule has 2 amide bonds. The maximum Gasteiger partial charge on any atom is 0.407 e. The lowest BCUT2D eigenvalue weighted by Gasteiger charge is -2.14. The molecule has 2 rings (SSSR count). The molecule has 0 saturated heterocycles. The molecule has 0 aromatic heterocycles. The molecule has 0 bridgehead atoms. The summed E-state index contributed by atoms with van der Waals surface area (Å²) in [5, 5.41) is 25.0. The summed E-state index contributed by atoms with van der Waals surface area (Å²) in [6, 6.07) is 13.0. The summed E-state index contributed by atoms with van der Waals surface area (Å²) < 4.78 is 5.08. The summed E-state index contributed by atoms with van der Waals surface area (Å²) in [7, 11) is 0. The minimum absolute atomic E-state index is 0.125. The highest BCUT2D eigenvalue weighted by Crippen LogP contribution is 2.12. The Hall–Kier alpha value is -3.95. The number of hydrogen-bond donors (Lipinski definition) is 3. The zero-order valence-corrected chi connectivity index (χ0v) is 16.7. The van der Waals surface area contributed by atoms with E-state index in [9.17, 15) is 29.6 Å². The molecule has 3 N–H and O–H groups in total. The van der Waals surface area contributed by atoms with Crippen LogP contribution in [-0.4, -0.2) is 40.6 Å². The van der Waals surface area contributed by atoms with Gasteiger partial charge in [0.05, 0.1) is 4.92 Å². The molecule has 0 unspecified atom stereocenters. The summed E-state index contributed by atoms with van der Waals surface area (Å²) >= 11 is 0. The Morgan fingerprint density at radius 2 is 1.71 bits per heavy atom. The quantitative estimate of drug-likeness (QED) is 0.282. The number of amides is 2. The second-order valence-electron chi connectivity index (χ2n) is 6.65. The van der Waals surface area contributed by atoms with Crippen LogP contribution in [0.1, 0.15) is 35.2 Å². The Labute approximate surface area is 178 Å². The van der Waals surface area contributed by atoms with Crippen molar-refractivity contribution in [3.05, 3.63) is 75.8 Å². The SMILES string of the molecule is O=C(NCCCC[C@H](NC(=O)c1ccc([N+](=O)[O-])cc1)C(=O)O)OCc1ccccc1. The Bertz CT molecular complexity index is 901. The van der Waals surface area contributed by atoms with Crippen molar-refractivity contribution in [1.82, 2.24) is 10.6 Å². The first kappa shape index (κ1) is 23.3. The fourth-order valence-electron chi connectivity index (χ4n) is 2.67. The average Bonchev–Trinajstić information content (AvgIpc) is 2.77. The van der Waals surface area contributed by atoms with E-state index in [4.69, 9.17) is 4.74 Å². The maximum atomic E-state index is 12.2. The topological polar surface area (TPSA) is 148 Å². The molecule has 0 spiro atoms. The van der Waals surface area contributed by atoms with E-state index in [0.29, 0.717) is 19.4 Å². The number of ether oxygens (including phenoxy) is 1. The number of nitrogens with one attached hydrogen (secondary N) is 2. The number of unbranched alkanes of at least 4 members (excludes halogenated alkanes) is 1. The summed E-state index contributed by atoms with van der Waals surface area (Å²) in [4.78, 5) is 45.3. The van der Waals surface area contributed by atoms with Crippen LogP contribution < -0.4 is 10.6 Å². The van der Waals surface area contributed by atoms with Crippen LogP contribution in [-0.2, 0) is 16.1 Å². The van der Waals surface area contributed by atoms with E-state index < -0.39 is 28.9 Å². The molecule has 10 nitrogen and oxygen atoms in total. The number of carboxylic acids is 1. The molecule has 0 fully saturated rings. The number of carbonyl (C=O) groups is 3. The molecule has 2 aromatic rings. The molecule has 0 aliphatic rings. The van der Waals surface area contributed by atoms with Crippen molar-refractivity contribution in [3.8, 4) is 0 Å². The summed E-state index contributed by atoms with van der Waals surface area (Å²) in [6.45, 7) is 0.457. The van der Waals surface area contributed by atoms with Gasteiger partial charge in [0.2, 0.25) is 0 Å². The predicted octanol–water partition coefficient (Wildman–Crippen LogP) is 2.87. The number of carbonyl (C=O) groups excluding carboxylic acids is 2. The monoisotopic (exact) mass is 429 g/mol. The number of alkyl carbamates (subject to hydrolysis) is 1. The van der Waals surface area contributed by atoms with Gasteiger partial charge in [0, 0.05) is 24.2 Å². The summed E-state index contributed by atoms with van der Waals surface area (Å²) in [5.41, 5.74) is 0.825. The van der Waals surface area contributed by atoms with Gasteiger partial charge in [0.1, 0.15) is 12.6 Å². The third kappa shape index (κ3) is 8.13. The molecule has 2 aromatic carbocycles. The van der Waals surface area contributed by atoms with Gasteiger partial charge in [0.15, 0.2) is 0 Å². The molecule has 0 heterocycles. The van der Waals surface area contributed by atoms with Crippen LogP contribution in [0.4, 0.5) is 10.5 Å². The van der Waals surface area contributed by atoms with Crippen LogP contribution in [0.2, 0.25) is 0 Å². The molecule has 10 heteroatoms. The minimum Gasteiger partial charge on any atom is -0.480 e. The van der Waals surface area contributed by atoms with E-state index in [2.05, 4.69) is 10.6 Å². The molecule has 0 aliphatic heterocycles. The fourth-order valence-corrected chi connectivity index (χ4v) is 2.67. The second kappa shape index (κ2) is 11.9. The van der Waals surface area contributed by atoms with Gasteiger partial charge in [-0.05, 0) is 37.0 Å². The lowest BCUT2D eigenvalue weighted by Crippen LogP contribution is -2.40. The third-order valence-electron chi connectivity index (χ3n) is 4.35. The molecule has 0 aliphatic carbocycles. The zero-order valence-electron chi connectivity index (χ0n) is 16.7. The second-order valence-corrected chi connectivity index (χ2v) is 6.65. The Morgan fingerprint density at radius 3 is 2.32 bits per heavy atom. The molecular weight excluding hydrogens is 406 g/mol. The van der Waals surface area contributed by atoms with Crippen molar-refractivity contribution in [2.75, 3.05) is 6.54 Å². The van der Waals surface area contributed by atoms with Crippen LogP contribution in [0, 0.1) is 10.1 Å². The molecule has 1 atom stereocenters. The number of hydrogen-bond acceptors (Lipinski definition) is 6. The number of benzene rings is 2. The normalized spacial score (nSPS) is 11.2. The van der Waals surface area contributed by atoms with E-state index in [-0.39, 0.29) is 24.3 Å². The van der Waals surface area contributed by atoms with Gasteiger partial charge in [-0.2, -0.15) is 0 Å².